The van der Waals surface area contributed by atoms with Crippen LogP contribution >= 0.6 is 15.9 Å². The third-order valence-corrected chi connectivity index (χ3v) is 8.89. The molecular formula is C32H44BrN3O5. The zero-order chi connectivity index (χ0) is 29.9. The van der Waals surface area contributed by atoms with E-state index >= 15 is 0 Å². The fourth-order valence-electron chi connectivity index (χ4n) is 5.63. The number of hydrogen-bond donors (Lipinski definition) is 0. The number of aromatic nitrogens is 1. The summed E-state index contributed by atoms with van der Waals surface area (Å²) in [7, 11) is 3.44. The summed E-state index contributed by atoms with van der Waals surface area (Å²) >= 11 is 3.74. The van der Waals surface area contributed by atoms with Crippen molar-refractivity contribution in [1.29, 1.82) is 0 Å². The molecule has 0 radical (unpaired) electrons. The number of aryl methyl sites for hydroxylation is 2. The molecule has 41 heavy (non-hydrogen) atoms. The number of carbonyl (C=O) groups excluding carboxylic acids is 2. The number of hydrogen-bond acceptors (Lipinski definition) is 5. The van der Waals surface area contributed by atoms with Crippen molar-refractivity contribution in [3.05, 3.63) is 67.5 Å². The molecule has 2 aliphatic rings. The highest BCUT2D eigenvalue weighted by molar-refractivity contribution is 9.10. The van der Waals surface area contributed by atoms with Crippen molar-refractivity contribution in [2.75, 3.05) is 26.8 Å². The normalized spacial score (nSPS) is 19.2. The van der Waals surface area contributed by atoms with Gasteiger partial charge in [0, 0.05) is 63.2 Å². The van der Waals surface area contributed by atoms with E-state index in [4.69, 9.17) is 9.47 Å². The second-order valence-corrected chi connectivity index (χ2v) is 13.3. The predicted octanol–water partition coefficient (Wildman–Crippen LogP) is 5.57. The van der Waals surface area contributed by atoms with Gasteiger partial charge in [-0.1, -0.05) is 22.0 Å². The van der Waals surface area contributed by atoms with Gasteiger partial charge in [-0.05, 0) is 100 Å². The van der Waals surface area contributed by atoms with Gasteiger partial charge in [0.05, 0.1) is 5.92 Å². The molecule has 0 spiro atoms. The minimum absolute atomic E-state index is 0.0315. The minimum atomic E-state index is -0.626. The lowest BCUT2D eigenvalue weighted by Crippen LogP contribution is -2.51. The molecule has 2 aromatic rings. The molecular weight excluding hydrogens is 586 g/mol. The number of rotatable bonds is 9. The number of benzene rings is 1. The van der Waals surface area contributed by atoms with Gasteiger partial charge in [-0.25, -0.2) is 4.79 Å². The monoisotopic (exact) mass is 629 g/mol. The van der Waals surface area contributed by atoms with Crippen LogP contribution in [0.2, 0.25) is 0 Å². The number of pyridine rings is 1. The molecule has 1 aromatic carbocycles. The van der Waals surface area contributed by atoms with Crippen molar-refractivity contribution in [3.63, 3.8) is 0 Å². The van der Waals surface area contributed by atoms with Crippen molar-refractivity contribution in [2.24, 2.45) is 13.0 Å². The van der Waals surface area contributed by atoms with Crippen LogP contribution in [0.3, 0.4) is 0 Å². The van der Waals surface area contributed by atoms with Crippen molar-refractivity contribution < 1.29 is 19.1 Å². The molecule has 9 heteroatoms. The zero-order valence-electron chi connectivity index (χ0n) is 25.2. The standard InChI is InChI=1S/C32H44BrN3O5/c1-21-23(8-7-15-40-6)16-22(17-28(21)33)19-36(25-9-10-25)30(38)27-20-35(31(39)41-32(2,3)4)14-12-26(27)24-11-13-34(5)29(37)18-24/h11,13,16-18,25-27H,7-10,12,14-15,19-20H2,1-6H3/t26-,27?/m1/s1. The van der Waals surface area contributed by atoms with Gasteiger partial charge in [0.1, 0.15) is 5.60 Å². The number of ether oxygens (including phenoxy) is 2. The fourth-order valence-corrected chi connectivity index (χ4v) is 6.18. The Balaban J connectivity index is 1.63. The van der Waals surface area contributed by atoms with Crippen LogP contribution in [0.1, 0.15) is 74.6 Å². The Bertz CT molecular complexity index is 1310. The maximum absolute atomic E-state index is 14.5. The first-order valence-corrected chi connectivity index (χ1v) is 15.4. The smallest absolute Gasteiger partial charge is 0.410 e. The van der Waals surface area contributed by atoms with Gasteiger partial charge in [-0.3, -0.25) is 9.59 Å². The van der Waals surface area contributed by atoms with Gasteiger partial charge in [0.25, 0.3) is 5.56 Å². The number of likely N-dealkylation sites (tertiary alicyclic amines) is 1. The predicted molar refractivity (Wildman–Crippen MR) is 163 cm³/mol. The number of carbonyl (C=O) groups is 2. The third kappa shape index (κ3) is 8.01. The average Bonchev–Trinajstić information content (AvgIpc) is 3.75. The second kappa shape index (κ2) is 13.1. The first kappa shape index (κ1) is 31.3. The molecule has 224 valence electrons. The summed E-state index contributed by atoms with van der Waals surface area (Å²) in [6.07, 6.45) is 5.71. The Morgan fingerprint density at radius 3 is 2.51 bits per heavy atom. The van der Waals surface area contributed by atoms with Crippen LogP contribution in [0.4, 0.5) is 4.79 Å². The molecule has 8 nitrogen and oxygen atoms in total. The Hall–Kier alpha value is -2.65. The number of methoxy groups -OCH3 is 1. The van der Waals surface area contributed by atoms with Crippen LogP contribution in [-0.4, -0.2) is 64.8 Å². The topological polar surface area (TPSA) is 81.1 Å². The van der Waals surface area contributed by atoms with Crippen LogP contribution in [-0.2, 0) is 34.3 Å². The fraction of sp³-hybridized carbons (Fsp3) is 0.594. The van der Waals surface area contributed by atoms with Crippen molar-refractivity contribution in [3.8, 4) is 0 Å². The number of halogens is 1. The molecule has 2 heterocycles. The Labute approximate surface area is 252 Å². The first-order valence-electron chi connectivity index (χ1n) is 14.6. The van der Waals surface area contributed by atoms with Gasteiger partial charge < -0.3 is 23.8 Å². The summed E-state index contributed by atoms with van der Waals surface area (Å²) in [6.45, 7) is 9.59. The molecule has 1 saturated heterocycles. The van der Waals surface area contributed by atoms with E-state index < -0.39 is 17.6 Å². The van der Waals surface area contributed by atoms with Gasteiger partial charge in [-0.15, -0.1) is 0 Å². The third-order valence-electron chi connectivity index (χ3n) is 8.07. The van der Waals surface area contributed by atoms with Gasteiger partial charge in [0.15, 0.2) is 0 Å². The van der Waals surface area contributed by atoms with Crippen LogP contribution < -0.4 is 5.56 Å². The van der Waals surface area contributed by atoms with Gasteiger partial charge in [0.2, 0.25) is 5.91 Å². The van der Waals surface area contributed by atoms with Crippen LogP contribution in [0.15, 0.2) is 39.7 Å². The molecule has 0 N–H and O–H groups in total. The summed E-state index contributed by atoms with van der Waals surface area (Å²) in [5.41, 5.74) is 3.66. The molecule has 2 atom stereocenters. The van der Waals surface area contributed by atoms with Crippen molar-refractivity contribution >= 4 is 27.9 Å². The average molecular weight is 631 g/mol. The zero-order valence-corrected chi connectivity index (χ0v) is 26.8. The molecule has 1 saturated carbocycles. The quantitative estimate of drug-likeness (QED) is 0.339. The maximum atomic E-state index is 14.5. The Kier molecular flexibility index (Phi) is 10.0. The van der Waals surface area contributed by atoms with E-state index in [2.05, 4.69) is 35.0 Å². The van der Waals surface area contributed by atoms with Gasteiger partial charge in [-0.2, -0.15) is 0 Å². The lowest BCUT2D eigenvalue weighted by molar-refractivity contribution is -0.139. The van der Waals surface area contributed by atoms with Crippen molar-refractivity contribution in [1.82, 2.24) is 14.4 Å². The summed E-state index contributed by atoms with van der Waals surface area (Å²) in [4.78, 5) is 43.7. The van der Waals surface area contributed by atoms with E-state index in [-0.39, 0.29) is 30.0 Å². The van der Waals surface area contributed by atoms with E-state index in [0.29, 0.717) is 26.1 Å². The Morgan fingerprint density at radius 2 is 1.88 bits per heavy atom. The first-order chi connectivity index (χ1) is 19.4. The largest absolute Gasteiger partial charge is 0.444 e. The summed E-state index contributed by atoms with van der Waals surface area (Å²) in [5, 5.41) is 0. The number of nitrogens with zero attached hydrogens (tertiary/aromatic N) is 3. The minimum Gasteiger partial charge on any atom is -0.444 e. The molecule has 1 unspecified atom stereocenters. The van der Waals surface area contributed by atoms with E-state index in [1.54, 1.807) is 31.3 Å². The molecule has 1 aliphatic heterocycles. The maximum Gasteiger partial charge on any atom is 0.410 e. The second-order valence-electron chi connectivity index (χ2n) is 12.5. The molecule has 1 aromatic heterocycles. The van der Waals surface area contributed by atoms with E-state index in [1.807, 2.05) is 31.7 Å². The lowest BCUT2D eigenvalue weighted by Gasteiger charge is -2.40. The highest BCUT2D eigenvalue weighted by Crippen LogP contribution is 2.38. The molecule has 2 amide bonds. The highest BCUT2D eigenvalue weighted by Gasteiger charge is 2.43. The number of piperidine rings is 1. The van der Waals surface area contributed by atoms with Crippen LogP contribution in [0.5, 0.6) is 0 Å². The Morgan fingerprint density at radius 1 is 1.15 bits per heavy atom. The molecule has 4 rings (SSSR count). The van der Waals surface area contributed by atoms with E-state index in [0.717, 1.165) is 41.3 Å². The molecule has 0 bridgehead atoms. The van der Waals surface area contributed by atoms with E-state index in [1.165, 1.54) is 15.7 Å². The van der Waals surface area contributed by atoms with E-state index in [9.17, 15) is 14.4 Å². The highest BCUT2D eigenvalue weighted by atomic mass is 79.9. The van der Waals surface area contributed by atoms with Crippen molar-refractivity contribution in [2.45, 2.75) is 83.9 Å². The summed E-state index contributed by atoms with van der Waals surface area (Å²) < 4.78 is 13.5. The van der Waals surface area contributed by atoms with Crippen LogP contribution in [0, 0.1) is 12.8 Å². The molecule has 1 aliphatic carbocycles. The lowest BCUT2D eigenvalue weighted by atomic mass is 9.79. The molecule has 2 fully saturated rings. The number of amides is 2. The van der Waals surface area contributed by atoms with Crippen LogP contribution in [0.25, 0.3) is 0 Å². The SMILES string of the molecule is COCCCc1cc(CN(C(=O)C2CN(C(=O)OC(C)(C)C)CC[C@@H]2c2ccn(C)c(=O)c2)C2CC2)cc(Br)c1C. The summed E-state index contributed by atoms with van der Waals surface area (Å²) in [5.74, 6) is -0.603. The summed E-state index contributed by atoms with van der Waals surface area (Å²) in [6, 6.07) is 8.08. The van der Waals surface area contributed by atoms with Gasteiger partial charge >= 0.3 is 6.09 Å².